The van der Waals surface area contributed by atoms with Gasteiger partial charge in [0.15, 0.2) is 0 Å². The summed E-state index contributed by atoms with van der Waals surface area (Å²) in [4.78, 5) is 35.8. The number of anilines is 1. The fourth-order valence-corrected chi connectivity index (χ4v) is 3.50. The predicted molar refractivity (Wildman–Crippen MR) is 131 cm³/mol. The zero-order valence-electron chi connectivity index (χ0n) is 18.9. The van der Waals surface area contributed by atoms with E-state index >= 15 is 0 Å². The molecule has 0 bridgehead atoms. The van der Waals surface area contributed by atoms with E-state index in [1.165, 1.54) is 48.7 Å². The number of nitrogens with one attached hydrogen (secondary N) is 2. The molecule has 0 aliphatic carbocycles. The van der Waals surface area contributed by atoms with E-state index in [1.54, 1.807) is 43.3 Å². The lowest BCUT2D eigenvalue weighted by atomic mass is 10.1. The highest BCUT2D eigenvalue weighted by atomic mass is 19.1. The molecule has 1 heterocycles. The smallest absolute Gasteiger partial charge is 0.273 e. The highest BCUT2D eigenvalue weighted by Crippen LogP contribution is 2.30. The Balaban J connectivity index is 1.46. The molecule has 2 N–H and O–H groups in total. The van der Waals surface area contributed by atoms with Crippen molar-refractivity contribution < 1.29 is 23.3 Å². The van der Waals surface area contributed by atoms with E-state index in [2.05, 4.69) is 15.8 Å². The van der Waals surface area contributed by atoms with Crippen LogP contribution in [0.4, 0.5) is 15.8 Å². The number of para-hydroxylation sites is 1. The minimum absolute atomic E-state index is 0.0212. The zero-order chi connectivity index (χ0) is 25.7. The Bertz CT molecular complexity index is 1500. The van der Waals surface area contributed by atoms with E-state index < -0.39 is 22.6 Å². The Morgan fingerprint density at radius 2 is 1.67 bits per heavy atom. The van der Waals surface area contributed by atoms with Crippen molar-refractivity contribution in [2.75, 3.05) is 5.32 Å². The zero-order valence-corrected chi connectivity index (χ0v) is 18.9. The average Bonchev–Trinajstić information content (AvgIpc) is 3.33. The number of halogens is 1. The molecular formula is C26H19FN4O5. The predicted octanol–water partition coefficient (Wildman–Crippen LogP) is 5.32. The molecule has 180 valence electrons. The monoisotopic (exact) mass is 486 g/mol. The van der Waals surface area contributed by atoms with E-state index in [-0.39, 0.29) is 22.5 Å². The molecule has 0 saturated carbocycles. The number of rotatable bonds is 7. The maximum atomic E-state index is 13.9. The molecule has 4 rings (SSSR count). The van der Waals surface area contributed by atoms with Crippen molar-refractivity contribution in [2.24, 2.45) is 5.10 Å². The largest absolute Gasteiger partial charge is 0.455 e. The van der Waals surface area contributed by atoms with Gasteiger partial charge in [0.25, 0.3) is 17.5 Å². The number of benzene rings is 3. The molecule has 0 atom stereocenters. The number of carbonyl (C=O) groups is 2. The number of amides is 2. The first-order chi connectivity index (χ1) is 17.3. The Hall–Kier alpha value is -5.12. The number of furan rings is 1. The van der Waals surface area contributed by atoms with Gasteiger partial charge in [-0.15, -0.1) is 0 Å². The summed E-state index contributed by atoms with van der Waals surface area (Å²) in [6, 6.07) is 19.7. The van der Waals surface area contributed by atoms with Crippen LogP contribution in [0.2, 0.25) is 0 Å². The first-order valence-electron chi connectivity index (χ1n) is 10.7. The van der Waals surface area contributed by atoms with Gasteiger partial charge in [-0.05, 0) is 43.3 Å². The molecule has 9 nitrogen and oxygen atoms in total. The van der Waals surface area contributed by atoms with Crippen LogP contribution >= 0.6 is 0 Å². The summed E-state index contributed by atoms with van der Waals surface area (Å²) in [5.74, 6) is -1.28. The summed E-state index contributed by atoms with van der Waals surface area (Å²) in [5.41, 5.74) is 3.50. The van der Waals surface area contributed by atoms with Gasteiger partial charge in [0.1, 0.15) is 17.3 Å². The van der Waals surface area contributed by atoms with Gasteiger partial charge in [-0.25, -0.2) is 9.82 Å². The van der Waals surface area contributed by atoms with Gasteiger partial charge >= 0.3 is 0 Å². The number of hydrazone groups is 1. The summed E-state index contributed by atoms with van der Waals surface area (Å²) in [7, 11) is 0. The van der Waals surface area contributed by atoms with Crippen molar-refractivity contribution in [3.8, 4) is 11.3 Å². The standard InChI is InChI=1S/C26H19FN4O5/c1-16-18(9-6-12-23(16)31(34)35)24-14-13-17(36-24)15-28-30-26(33)20-8-3-5-11-22(20)29-25(32)19-7-2-4-10-21(19)27/h2-15H,1H3,(H,29,32)(H,30,33)/b28-15+. The fraction of sp³-hybridized carbons (Fsp3) is 0.0385. The lowest BCUT2D eigenvalue weighted by molar-refractivity contribution is -0.385. The molecule has 0 fully saturated rings. The summed E-state index contributed by atoms with van der Waals surface area (Å²) >= 11 is 0. The van der Waals surface area contributed by atoms with Crippen LogP contribution in [-0.2, 0) is 0 Å². The van der Waals surface area contributed by atoms with Crippen LogP contribution in [0.25, 0.3) is 11.3 Å². The van der Waals surface area contributed by atoms with Crippen molar-refractivity contribution >= 4 is 29.4 Å². The Kier molecular flexibility index (Phi) is 6.96. The lowest BCUT2D eigenvalue weighted by Crippen LogP contribution is -2.21. The van der Waals surface area contributed by atoms with E-state index in [1.807, 2.05) is 0 Å². The minimum atomic E-state index is -0.698. The summed E-state index contributed by atoms with van der Waals surface area (Å²) in [5, 5.41) is 17.6. The first kappa shape index (κ1) is 24.0. The minimum Gasteiger partial charge on any atom is -0.455 e. The number of hydrogen-bond donors (Lipinski definition) is 2. The molecule has 2 amide bonds. The fourth-order valence-electron chi connectivity index (χ4n) is 3.50. The van der Waals surface area contributed by atoms with Gasteiger partial charge in [-0.2, -0.15) is 5.10 Å². The van der Waals surface area contributed by atoms with Crippen LogP contribution in [0, 0.1) is 22.9 Å². The van der Waals surface area contributed by atoms with Gasteiger partial charge < -0.3 is 9.73 Å². The van der Waals surface area contributed by atoms with Crippen molar-refractivity contribution in [2.45, 2.75) is 6.92 Å². The normalized spacial score (nSPS) is 10.8. The third-order valence-corrected chi connectivity index (χ3v) is 5.29. The molecule has 0 unspecified atom stereocenters. The molecule has 0 aliphatic heterocycles. The molecule has 10 heteroatoms. The van der Waals surface area contributed by atoms with Crippen molar-refractivity contribution in [1.82, 2.24) is 5.43 Å². The third-order valence-electron chi connectivity index (χ3n) is 5.29. The highest BCUT2D eigenvalue weighted by molar-refractivity contribution is 6.09. The van der Waals surface area contributed by atoms with Crippen LogP contribution in [0.1, 0.15) is 32.0 Å². The van der Waals surface area contributed by atoms with Gasteiger partial charge in [0, 0.05) is 17.2 Å². The Labute approximate surface area is 204 Å². The quantitative estimate of drug-likeness (QED) is 0.208. The Morgan fingerprint density at radius 1 is 0.944 bits per heavy atom. The SMILES string of the molecule is Cc1c(-c2ccc(/C=N/NC(=O)c3ccccc3NC(=O)c3ccccc3F)o2)cccc1[N+](=O)[O-]. The van der Waals surface area contributed by atoms with Crippen LogP contribution in [0.3, 0.4) is 0 Å². The van der Waals surface area contributed by atoms with E-state index in [4.69, 9.17) is 4.42 Å². The number of hydrogen-bond acceptors (Lipinski definition) is 6. The van der Waals surface area contributed by atoms with Crippen molar-refractivity contribution in [3.05, 3.63) is 117 Å². The first-order valence-corrected chi connectivity index (χ1v) is 10.7. The molecule has 0 aliphatic rings. The van der Waals surface area contributed by atoms with Crippen molar-refractivity contribution in [1.29, 1.82) is 0 Å². The molecule has 0 spiro atoms. The lowest BCUT2D eigenvalue weighted by Gasteiger charge is -2.10. The Morgan fingerprint density at radius 3 is 2.42 bits per heavy atom. The van der Waals surface area contributed by atoms with Gasteiger partial charge in [0.05, 0.1) is 28.0 Å². The van der Waals surface area contributed by atoms with Crippen LogP contribution in [-0.4, -0.2) is 23.0 Å². The summed E-state index contributed by atoms with van der Waals surface area (Å²) in [6.45, 7) is 1.63. The molecule has 3 aromatic carbocycles. The molecule has 1 aromatic heterocycles. The number of nitrogens with zero attached hydrogens (tertiary/aromatic N) is 2. The second kappa shape index (κ2) is 10.4. The van der Waals surface area contributed by atoms with E-state index in [9.17, 15) is 24.1 Å². The maximum Gasteiger partial charge on any atom is 0.273 e. The summed E-state index contributed by atoms with van der Waals surface area (Å²) < 4.78 is 19.6. The van der Waals surface area contributed by atoms with E-state index in [0.717, 1.165) is 0 Å². The number of nitro benzene ring substituents is 1. The second-order valence-electron chi connectivity index (χ2n) is 7.59. The van der Waals surface area contributed by atoms with E-state index in [0.29, 0.717) is 22.6 Å². The van der Waals surface area contributed by atoms with Gasteiger partial charge in [0.2, 0.25) is 0 Å². The van der Waals surface area contributed by atoms with Gasteiger partial charge in [-0.3, -0.25) is 19.7 Å². The molecule has 36 heavy (non-hydrogen) atoms. The van der Waals surface area contributed by atoms with Crippen LogP contribution in [0.5, 0.6) is 0 Å². The van der Waals surface area contributed by atoms with Crippen LogP contribution in [0.15, 0.2) is 88.4 Å². The molecule has 0 saturated heterocycles. The third kappa shape index (κ3) is 5.17. The van der Waals surface area contributed by atoms with Gasteiger partial charge in [-0.1, -0.05) is 36.4 Å². The topological polar surface area (TPSA) is 127 Å². The number of carbonyl (C=O) groups excluding carboxylic acids is 2. The second-order valence-corrected chi connectivity index (χ2v) is 7.59. The highest BCUT2D eigenvalue weighted by Gasteiger charge is 2.17. The molecular weight excluding hydrogens is 467 g/mol. The maximum absolute atomic E-state index is 13.9. The van der Waals surface area contributed by atoms with Crippen LogP contribution < -0.4 is 10.7 Å². The number of nitro groups is 1. The average molecular weight is 486 g/mol. The molecule has 4 aromatic rings. The van der Waals surface area contributed by atoms with Crippen molar-refractivity contribution in [3.63, 3.8) is 0 Å². The summed E-state index contributed by atoms with van der Waals surface area (Å²) in [6.07, 6.45) is 1.27. The molecule has 0 radical (unpaired) electrons.